The Balaban J connectivity index is 2.64. The highest BCUT2D eigenvalue weighted by molar-refractivity contribution is 6.57. The molecule has 0 fully saturated rings. The maximum Gasteiger partial charge on any atom is 0.526 e. The molecule has 0 aliphatic rings. The van der Waals surface area contributed by atoms with Gasteiger partial charge in [0, 0.05) is 5.39 Å². The van der Waals surface area contributed by atoms with Crippen LogP contribution in [0.5, 0.6) is 5.75 Å². The highest BCUT2D eigenvalue weighted by Gasteiger charge is 2.18. The molecule has 1 heterocycles. The van der Waals surface area contributed by atoms with E-state index < -0.39 is 7.12 Å². The molecule has 0 unspecified atom stereocenters. The Morgan fingerprint density at radius 2 is 2.14 bits per heavy atom. The van der Waals surface area contributed by atoms with Crippen molar-refractivity contribution < 1.29 is 19.2 Å². The van der Waals surface area contributed by atoms with Gasteiger partial charge in [0.25, 0.3) is 0 Å². The monoisotopic (exact) mass is 192 g/mol. The van der Waals surface area contributed by atoms with Gasteiger partial charge in [-0.15, -0.1) is 0 Å². The quantitative estimate of drug-likeness (QED) is 0.663. The maximum atomic E-state index is 8.91. The second kappa shape index (κ2) is 3.36. The Morgan fingerprint density at radius 3 is 2.79 bits per heavy atom. The third kappa shape index (κ3) is 1.36. The third-order valence-electron chi connectivity index (χ3n) is 2.00. The Hall–Kier alpha value is -1.46. The summed E-state index contributed by atoms with van der Waals surface area (Å²) in [4.78, 5) is 0. The Labute approximate surface area is 80.9 Å². The minimum atomic E-state index is -1.59. The topological polar surface area (TPSA) is 62.8 Å². The van der Waals surface area contributed by atoms with Crippen molar-refractivity contribution in [3.8, 4) is 5.75 Å². The van der Waals surface area contributed by atoms with Gasteiger partial charge in [0.05, 0.1) is 7.11 Å². The summed E-state index contributed by atoms with van der Waals surface area (Å²) >= 11 is 0. The van der Waals surface area contributed by atoms with Gasteiger partial charge in [-0.3, -0.25) is 0 Å². The molecular weight excluding hydrogens is 183 g/mol. The minimum absolute atomic E-state index is 0.115. The smallest absolute Gasteiger partial charge is 0.493 e. The summed E-state index contributed by atoms with van der Waals surface area (Å²) < 4.78 is 10.3. The largest absolute Gasteiger partial charge is 0.526 e. The zero-order valence-corrected chi connectivity index (χ0v) is 7.60. The minimum Gasteiger partial charge on any atom is -0.493 e. The van der Waals surface area contributed by atoms with Crippen molar-refractivity contribution >= 4 is 23.7 Å². The molecule has 2 N–H and O–H groups in total. The molecule has 4 nitrogen and oxygen atoms in total. The zero-order valence-electron chi connectivity index (χ0n) is 7.60. The van der Waals surface area contributed by atoms with Crippen LogP contribution in [0, 0.1) is 0 Å². The fourth-order valence-electron chi connectivity index (χ4n) is 1.34. The fourth-order valence-corrected chi connectivity index (χ4v) is 1.34. The lowest BCUT2D eigenvalue weighted by Crippen LogP contribution is -2.27. The SMILES string of the molecule is COc1cccc2cc(B(O)O)oc12. The van der Waals surface area contributed by atoms with Crippen LogP contribution >= 0.6 is 0 Å². The summed E-state index contributed by atoms with van der Waals surface area (Å²) in [6.07, 6.45) is 0. The molecule has 14 heavy (non-hydrogen) atoms. The van der Waals surface area contributed by atoms with Crippen LogP contribution in [0.1, 0.15) is 0 Å². The van der Waals surface area contributed by atoms with Crippen LogP contribution in [0.25, 0.3) is 11.0 Å². The normalized spacial score (nSPS) is 10.5. The van der Waals surface area contributed by atoms with E-state index in [9.17, 15) is 0 Å². The van der Waals surface area contributed by atoms with Gasteiger partial charge < -0.3 is 19.2 Å². The number of fused-ring (bicyclic) bond motifs is 1. The Morgan fingerprint density at radius 1 is 1.36 bits per heavy atom. The molecule has 0 bridgehead atoms. The second-order valence-corrected chi connectivity index (χ2v) is 2.90. The van der Waals surface area contributed by atoms with Crippen LogP contribution in [0.4, 0.5) is 0 Å². The van der Waals surface area contributed by atoms with E-state index in [-0.39, 0.29) is 5.66 Å². The van der Waals surface area contributed by atoms with Crippen molar-refractivity contribution in [3.63, 3.8) is 0 Å². The van der Waals surface area contributed by atoms with Gasteiger partial charge in [0.1, 0.15) is 5.66 Å². The van der Waals surface area contributed by atoms with E-state index in [1.54, 1.807) is 12.1 Å². The molecule has 0 amide bonds. The molecule has 2 aromatic rings. The van der Waals surface area contributed by atoms with Crippen LogP contribution in [0.3, 0.4) is 0 Å². The molecule has 0 saturated heterocycles. The number of methoxy groups -OCH3 is 1. The summed E-state index contributed by atoms with van der Waals surface area (Å²) in [6.45, 7) is 0. The summed E-state index contributed by atoms with van der Waals surface area (Å²) in [5, 5.41) is 18.6. The zero-order chi connectivity index (χ0) is 10.1. The highest BCUT2D eigenvalue weighted by Crippen LogP contribution is 2.24. The van der Waals surface area contributed by atoms with E-state index in [4.69, 9.17) is 19.2 Å². The van der Waals surface area contributed by atoms with E-state index in [2.05, 4.69) is 0 Å². The first-order chi connectivity index (χ1) is 6.72. The van der Waals surface area contributed by atoms with Crippen molar-refractivity contribution in [3.05, 3.63) is 24.3 Å². The first-order valence-corrected chi connectivity index (χ1v) is 4.15. The van der Waals surface area contributed by atoms with Crippen LogP contribution < -0.4 is 10.4 Å². The van der Waals surface area contributed by atoms with Crippen molar-refractivity contribution in [1.82, 2.24) is 0 Å². The number of hydrogen-bond donors (Lipinski definition) is 2. The van der Waals surface area contributed by atoms with Gasteiger partial charge in [-0.1, -0.05) is 12.1 Å². The van der Waals surface area contributed by atoms with Crippen LogP contribution in [0.2, 0.25) is 0 Å². The molecule has 72 valence electrons. The molecule has 1 aromatic carbocycles. The van der Waals surface area contributed by atoms with Gasteiger partial charge in [-0.25, -0.2) is 0 Å². The summed E-state index contributed by atoms with van der Waals surface area (Å²) in [5.41, 5.74) is 0.641. The fraction of sp³-hybridized carbons (Fsp3) is 0.111. The lowest BCUT2D eigenvalue weighted by molar-refractivity contribution is 0.402. The molecule has 0 radical (unpaired) electrons. The number of para-hydroxylation sites is 1. The molecule has 2 rings (SSSR count). The van der Waals surface area contributed by atoms with Gasteiger partial charge in [0.15, 0.2) is 11.3 Å². The predicted octanol–water partition coefficient (Wildman–Crippen LogP) is 0.121. The number of rotatable bonds is 2. The number of ether oxygens (including phenoxy) is 1. The second-order valence-electron chi connectivity index (χ2n) is 2.90. The summed E-state index contributed by atoms with van der Waals surface area (Å²) in [6, 6.07) is 6.94. The molecule has 1 aromatic heterocycles. The van der Waals surface area contributed by atoms with Crippen molar-refractivity contribution in [2.24, 2.45) is 0 Å². The Bertz CT molecular complexity index is 449. The molecule has 0 aliphatic heterocycles. The van der Waals surface area contributed by atoms with E-state index in [0.717, 1.165) is 5.39 Å². The lowest BCUT2D eigenvalue weighted by atomic mass is 9.88. The van der Waals surface area contributed by atoms with Gasteiger partial charge in [0.2, 0.25) is 0 Å². The van der Waals surface area contributed by atoms with E-state index in [0.29, 0.717) is 11.3 Å². The molecular formula is C9H9BO4. The number of hydrogen-bond acceptors (Lipinski definition) is 4. The van der Waals surface area contributed by atoms with Crippen molar-refractivity contribution in [1.29, 1.82) is 0 Å². The Kier molecular flexibility index (Phi) is 2.19. The van der Waals surface area contributed by atoms with Crippen LogP contribution in [-0.4, -0.2) is 24.3 Å². The van der Waals surface area contributed by atoms with E-state index >= 15 is 0 Å². The molecule has 0 spiro atoms. The van der Waals surface area contributed by atoms with E-state index in [1.807, 2.05) is 12.1 Å². The molecule has 0 aliphatic carbocycles. The highest BCUT2D eigenvalue weighted by atomic mass is 16.5. The van der Waals surface area contributed by atoms with E-state index in [1.165, 1.54) is 7.11 Å². The number of benzene rings is 1. The van der Waals surface area contributed by atoms with Gasteiger partial charge >= 0.3 is 7.12 Å². The van der Waals surface area contributed by atoms with Crippen LogP contribution in [0.15, 0.2) is 28.7 Å². The average Bonchev–Trinajstić information content (AvgIpc) is 2.60. The first kappa shape index (κ1) is 9.11. The predicted molar refractivity (Wildman–Crippen MR) is 52.6 cm³/mol. The summed E-state index contributed by atoms with van der Waals surface area (Å²) in [7, 11) is -0.0566. The lowest BCUT2D eigenvalue weighted by Gasteiger charge is -1.98. The third-order valence-corrected chi connectivity index (χ3v) is 2.00. The molecule has 0 atom stereocenters. The molecule has 0 saturated carbocycles. The van der Waals surface area contributed by atoms with Crippen molar-refractivity contribution in [2.75, 3.05) is 7.11 Å². The van der Waals surface area contributed by atoms with Crippen LogP contribution in [-0.2, 0) is 0 Å². The summed E-state index contributed by atoms with van der Waals surface area (Å²) in [5.74, 6) is 0.578. The average molecular weight is 192 g/mol. The van der Waals surface area contributed by atoms with Crippen molar-refractivity contribution in [2.45, 2.75) is 0 Å². The van der Waals surface area contributed by atoms with Gasteiger partial charge in [-0.05, 0) is 12.1 Å². The molecule has 5 heteroatoms. The number of furan rings is 1. The standard InChI is InChI=1S/C9H9BO4/c1-13-7-4-2-3-6-5-8(10(11)12)14-9(6)7/h2-5,11-12H,1H3. The maximum absolute atomic E-state index is 8.91. The first-order valence-electron chi connectivity index (χ1n) is 4.15. The van der Waals surface area contributed by atoms with Gasteiger partial charge in [-0.2, -0.15) is 0 Å².